The van der Waals surface area contributed by atoms with Crippen molar-refractivity contribution in [2.45, 2.75) is 18.9 Å². The third kappa shape index (κ3) is 2.71. The number of nitrogens with one attached hydrogen (secondary N) is 1. The van der Waals surface area contributed by atoms with Crippen molar-refractivity contribution in [2.75, 3.05) is 0 Å². The number of pyridine rings is 1. The van der Waals surface area contributed by atoms with Crippen LogP contribution in [0.2, 0.25) is 0 Å². The lowest BCUT2D eigenvalue weighted by Gasteiger charge is -2.30. The van der Waals surface area contributed by atoms with Crippen LogP contribution in [0.5, 0.6) is 0 Å². The molecule has 0 bridgehead atoms. The Labute approximate surface area is 134 Å². The summed E-state index contributed by atoms with van der Waals surface area (Å²) in [6.07, 6.45) is 3.55. The monoisotopic (exact) mass is 306 g/mol. The number of carbonyl (C=O) groups excluding carboxylic acids is 2. The maximum atomic E-state index is 12.5. The molecular weight excluding hydrogens is 290 g/mol. The van der Waals surface area contributed by atoms with E-state index in [-0.39, 0.29) is 5.91 Å². The van der Waals surface area contributed by atoms with Gasteiger partial charge in [-0.2, -0.15) is 9.83 Å². The van der Waals surface area contributed by atoms with E-state index in [1.54, 1.807) is 17.0 Å². The summed E-state index contributed by atoms with van der Waals surface area (Å²) < 4.78 is 1.75. The quantitative estimate of drug-likeness (QED) is 0.673. The molecule has 1 aromatic heterocycles. The average molecular weight is 306 g/mol. The van der Waals surface area contributed by atoms with Crippen molar-refractivity contribution >= 4 is 11.8 Å². The normalized spacial score (nSPS) is 23.9. The predicted octanol–water partition coefficient (Wildman–Crippen LogP) is 1.40. The van der Waals surface area contributed by atoms with Crippen molar-refractivity contribution < 1.29 is 14.2 Å². The van der Waals surface area contributed by atoms with Crippen LogP contribution in [0, 0.1) is 24.2 Å². The molecule has 114 valence electrons. The number of carbonyl (C=O) groups is 2. The summed E-state index contributed by atoms with van der Waals surface area (Å²) in [5.41, 5.74) is 1.89. The largest absolute Gasteiger partial charge is 0.296 e. The molecule has 2 aromatic rings. The molecule has 2 amide bonds. The number of rotatable bonds is 2. The summed E-state index contributed by atoms with van der Waals surface area (Å²) >= 11 is 0. The first-order chi connectivity index (χ1) is 11.1. The average Bonchev–Trinajstić information content (AvgIpc) is 2.56. The van der Waals surface area contributed by atoms with Gasteiger partial charge in [0.2, 0.25) is 11.9 Å². The number of aryl methyl sites for hydroxylation is 1. The molecule has 1 saturated heterocycles. The molecule has 0 saturated carbocycles. The molecule has 1 fully saturated rings. The van der Waals surface area contributed by atoms with Gasteiger partial charge in [0.1, 0.15) is 5.92 Å². The Morgan fingerprint density at radius 2 is 1.70 bits per heavy atom. The van der Waals surface area contributed by atoms with E-state index in [0.29, 0.717) is 0 Å². The Bertz CT molecular complexity index is 778. The SMILES string of the molecule is Cc1ccc([C@H]2[C@H](C#N)C(=O)NC(=O)[C@@H]2[n+]2ccccc2)cc1. The third-order valence-electron chi connectivity index (χ3n) is 4.16. The second-order valence-corrected chi connectivity index (χ2v) is 5.66. The number of imide groups is 1. The lowest BCUT2D eigenvalue weighted by atomic mass is 9.77. The molecule has 0 spiro atoms. The molecule has 0 aliphatic carbocycles. The molecule has 0 unspecified atom stereocenters. The maximum Gasteiger partial charge on any atom is 0.296 e. The fourth-order valence-electron chi connectivity index (χ4n) is 3.00. The summed E-state index contributed by atoms with van der Waals surface area (Å²) in [6, 6.07) is 14.5. The smallest absolute Gasteiger partial charge is 0.289 e. The maximum absolute atomic E-state index is 12.5. The Morgan fingerprint density at radius 3 is 2.30 bits per heavy atom. The lowest BCUT2D eigenvalue weighted by molar-refractivity contribution is -0.713. The number of nitrogens with zero attached hydrogens (tertiary/aromatic N) is 2. The summed E-state index contributed by atoms with van der Waals surface area (Å²) in [5.74, 6) is -2.35. The van der Waals surface area contributed by atoms with Gasteiger partial charge >= 0.3 is 0 Å². The first-order valence-electron chi connectivity index (χ1n) is 7.38. The van der Waals surface area contributed by atoms with E-state index in [1.807, 2.05) is 49.4 Å². The zero-order chi connectivity index (χ0) is 16.4. The highest BCUT2D eigenvalue weighted by molar-refractivity contribution is 6.02. The predicted molar refractivity (Wildman–Crippen MR) is 81.8 cm³/mol. The number of nitriles is 1. The van der Waals surface area contributed by atoms with Gasteiger partial charge < -0.3 is 0 Å². The molecule has 23 heavy (non-hydrogen) atoms. The van der Waals surface area contributed by atoms with Crippen LogP contribution in [0.4, 0.5) is 0 Å². The van der Waals surface area contributed by atoms with E-state index < -0.39 is 23.8 Å². The molecule has 1 aliphatic heterocycles. The standard InChI is InChI=1S/C18H15N3O2/c1-12-5-7-13(8-6-12)15-14(11-19)17(22)20-18(23)16(15)21-9-3-2-4-10-21/h2-10,14-16H,1H3/p+1/t14-,15-,16+/m0/s1. The fourth-order valence-corrected chi connectivity index (χ4v) is 3.00. The van der Waals surface area contributed by atoms with Crippen molar-refractivity contribution in [2.24, 2.45) is 5.92 Å². The number of aromatic nitrogens is 1. The molecule has 1 N–H and O–H groups in total. The Hall–Kier alpha value is -3.00. The van der Waals surface area contributed by atoms with Crippen molar-refractivity contribution in [1.29, 1.82) is 5.26 Å². The van der Waals surface area contributed by atoms with Gasteiger partial charge in [-0.25, -0.2) is 0 Å². The van der Waals surface area contributed by atoms with E-state index in [9.17, 15) is 14.9 Å². The zero-order valence-corrected chi connectivity index (χ0v) is 12.6. The van der Waals surface area contributed by atoms with E-state index in [0.717, 1.165) is 11.1 Å². The number of piperidine rings is 1. The highest BCUT2D eigenvalue weighted by Crippen LogP contribution is 2.36. The lowest BCUT2D eigenvalue weighted by Crippen LogP contribution is -2.59. The topological polar surface area (TPSA) is 73.8 Å². The van der Waals surface area contributed by atoms with Crippen LogP contribution in [0.1, 0.15) is 23.1 Å². The van der Waals surface area contributed by atoms with E-state index >= 15 is 0 Å². The van der Waals surface area contributed by atoms with Gasteiger partial charge in [0, 0.05) is 12.1 Å². The number of amides is 2. The molecule has 2 heterocycles. The Balaban J connectivity index is 2.13. The second-order valence-electron chi connectivity index (χ2n) is 5.66. The van der Waals surface area contributed by atoms with Crippen LogP contribution in [0.25, 0.3) is 0 Å². The molecular formula is C18H16N3O2+. The Kier molecular flexibility index (Phi) is 3.90. The van der Waals surface area contributed by atoms with E-state index in [2.05, 4.69) is 11.4 Å². The van der Waals surface area contributed by atoms with Crippen LogP contribution >= 0.6 is 0 Å². The van der Waals surface area contributed by atoms with Gasteiger partial charge in [0.15, 0.2) is 12.4 Å². The molecule has 3 rings (SSSR count). The van der Waals surface area contributed by atoms with Crippen LogP contribution in [0.15, 0.2) is 54.9 Å². The zero-order valence-electron chi connectivity index (χ0n) is 12.6. The molecule has 1 aliphatic rings. The van der Waals surface area contributed by atoms with Gasteiger partial charge in [0.25, 0.3) is 5.91 Å². The van der Waals surface area contributed by atoms with E-state index in [1.165, 1.54) is 0 Å². The minimum atomic E-state index is -0.909. The van der Waals surface area contributed by atoms with Crippen molar-refractivity contribution in [3.05, 3.63) is 66.0 Å². The van der Waals surface area contributed by atoms with Gasteiger partial charge in [-0.1, -0.05) is 35.9 Å². The molecule has 5 heteroatoms. The van der Waals surface area contributed by atoms with Crippen LogP contribution in [0.3, 0.4) is 0 Å². The molecule has 1 aromatic carbocycles. The van der Waals surface area contributed by atoms with Gasteiger partial charge in [-0.15, -0.1) is 0 Å². The van der Waals surface area contributed by atoms with Crippen molar-refractivity contribution in [3.63, 3.8) is 0 Å². The second kappa shape index (κ2) is 6.01. The summed E-state index contributed by atoms with van der Waals surface area (Å²) in [5, 5.41) is 11.8. The third-order valence-corrected chi connectivity index (χ3v) is 4.16. The molecule has 0 radical (unpaired) electrons. The summed E-state index contributed by atoms with van der Waals surface area (Å²) in [7, 11) is 0. The van der Waals surface area contributed by atoms with Gasteiger partial charge in [0.05, 0.1) is 12.0 Å². The highest BCUT2D eigenvalue weighted by Gasteiger charge is 2.50. The van der Waals surface area contributed by atoms with Gasteiger partial charge in [-0.05, 0) is 12.5 Å². The first-order valence-corrected chi connectivity index (χ1v) is 7.38. The minimum absolute atomic E-state index is 0.386. The van der Waals surface area contributed by atoms with Crippen molar-refractivity contribution in [1.82, 2.24) is 5.32 Å². The highest BCUT2D eigenvalue weighted by atomic mass is 16.2. The first kappa shape index (κ1) is 14.9. The van der Waals surface area contributed by atoms with Crippen LogP contribution in [-0.2, 0) is 9.59 Å². The minimum Gasteiger partial charge on any atom is -0.289 e. The van der Waals surface area contributed by atoms with Crippen molar-refractivity contribution in [3.8, 4) is 6.07 Å². The fraction of sp³-hybridized carbons (Fsp3) is 0.222. The summed E-state index contributed by atoms with van der Waals surface area (Å²) in [4.78, 5) is 24.6. The Morgan fingerprint density at radius 1 is 1.04 bits per heavy atom. The molecule has 5 nitrogen and oxygen atoms in total. The number of hydrogen-bond acceptors (Lipinski definition) is 3. The molecule has 3 atom stereocenters. The van der Waals surface area contributed by atoms with Gasteiger partial charge in [-0.3, -0.25) is 14.9 Å². The number of benzene rings is 1. The van der Waals surface area contributed by atoms with E-state index in [4.69, 9.17) is 0 Å². The summed E-state index contributed by atoms with van der Waals surface area (Å²) in [6.45, 7) is 1.97. The van der Waals surface area contributed by atoms with Crippen LogP contribution < -0.4 is 9.88 Å². The number of hydrogen-bond donors (Lipinski definition) is 1. The van der Waals surface area contributed by atoms with Crippen LogP contribution in [-0.4, -0.2) is 11.8 Å².